The van der Waals surface area contributed by atoms with Crippen LogP contribution in [0.3, 0.4) is 0 Å². The molecule has 2 N–H and O–H groups in total. The second-order valence-corrected chi connectivity index (χ2v) is 10.2. The van der Waals surface area contributed by atoms with Gasteiger partial charge in [0.05, 0.1) is 13.2 Å². The molecular formula is C31H35BrN2O5. The first-order valence-corrected chi connectivity index (χ1v) is 14.1. The van der Waals surface area contributed by atoms with Gasteiger partial charge >= 0.3 is 0 Å². The van der Waals surface area contributed by atoms with Gasteiger partial charge in [-0.3, -0.25) is 4.79 Å². The first-order valence-electron chi connectivity index (χ1n) is 13.3. The lowest BCUT2D eigenvalue weighted by atomic mass is 9.86. The summed E-state index contributed by atoms with van der Waals surface area (Å²) in [6.45, 7) is 5.40. The third kappa shape index (κ3) is 6.99. The van der Waals surface area contributed by atoms with E-state index in [2.05, 4.69) is 21.2 Å². The molecular weight excluding hydrogens is 560 g/mol. The lowest BCUT2D eigenvalue weighted by molar-refractivity contribution is -0.128. The van der Waals surface area contributed by atoms with Gasteiger partial charge < -0.3 is 24.6 Å². The summed E-state index contributed by atoms with van der Waals surface area (Å²) in [4.78, 5) is 18.8. The number of hydrogen-bond donors (Lipinski definition) is 2. The highest BCUT2D eigenvalue weighted by Crippen LogP contribution is 2.34. The summed E-state index contributed by atoms with van der Waals surface area (Å²) in [5, 5.41) is 12.1. The number of aliphatic hydroxyl groups excluding tert-OH is 1. The second kappa shape index (κ2) is 13.6. The molecule has 0 saturated carbocycles. The average Bonchev–Trinajstić information content (AvgIpc) is 3.28. The first kappa shape index (κ1) is 28.6. The quantitative estimate of drug-likeness (QED) is 0.268. The van der Waals surface area contributed by atoms with Crippen LogP contribution in [-0.4, -0.2) is 54.9 Å². The summed E-state index contributed by atoms with van der Waals surface area (Å²) < 4.78 is 18.5. The summed E-state index contributed by atoms with van der Waals surface area (Å²) in [6, 6.07) is 23.2. The number of aliphatic imine (C=N–C) groups is 1. The summed E-state index contributed by atoms with van der Waals surface area (Å²) in [6.07, 6.45) is 1.09. The van der Waals surface area contributed by atoms with Crippen LogP contribution in [0.5, 0.6) is 11.5 Å². The molecule has 0 radical (unpaired) electrons. The largest absolute Gasteiger partial charge is 0.494 e. The minimum Gasteiger partial charge on any atom is -0.494 e. The highest BCUT2D eigenvalue weighted by Gasteiger charge is 2.50. The number of carbonyl (C=O) groups is 1. The average molecular weight is 596 g/mol. The number of nitrogens with zero attached hydrogens (tertiary/aromatic N) is 1. The van der Waals surface area contributed by atoms with Crippen LogP contribution in [0.15, 0.2) is 82.3 Å². The molecule has 0 spiro atoms. The van der Waals surface area contributed by atoms with E-state index in [1.807, 2.05) is 86.6 Å². The molecule has 1 aliphatic heterocycles. The molecule has 2 atom stereocenters. The molecule has 3 aromatic rings. The van der Waals surface area contributed by atoms with E-state index < -0.39 is 11.6 Å². The van der Waals surface area contributed by atoms with E-state index >= 15 is 0 Å². The molecule has 1 aliphatic rings. The molecule has 206 valence electrons. The zero-order valence-electron chi connectivity index (χ0n) is 22.4. The highest BCUT2D eigenvalue weighted by molar-refractivity contribution is 9.10. The fourth-order valence-corrected chi connectivity index (χ4v) is 4.97. The van der Waals surface area contributed by atoms with E-state index in [-0.39, 0.29) is 12.5 Å². The maximum absolute atomic E-state index is 13.9. The molecule has 4 rings (SSSR count). The monoisotopic (exact) mass is 594 g/mol. The molecule has 0 aromatic heterocycles. The van der Waals surface area contributed by atoms with Crippen molar-refractivity contribution in [1.82, 2.24) is 5.32 Å². The molecule has 0 bridgehead atoms. The fraction of sp³-hybridized carbons (Fsp3) is 0.355. The van der Waals surface area contributed by atoms with Gasteiger partial charge in [-0.15, -0.1) is 0 Å². The van der Waals surface area contributed by atoms with Crippen molar-refractivity contribution in [2.24, 2.45) is 4.99 Å². The number of ether oxygens (including phenoxy) is 3. The van der Waals surface area contributed by atoms with Gasteiger partial charge in [0.25, 0.3) is 5.91 Å². The normalized spacial score (nSPS) is 18.3. The van der Waals surface area contributed by atoms with Crippen molar-refractivity contribution in [2.45, 2.75) is 44.8 Å². The van der Waals surface area contributed by atoms with Crippen LogP contribution in [0.2, 0.25) is 0 Å². The maximum Gasteiger partial charge on any atom is 0.252 e. The standard InChI is InChI=1S/C31H35BrN2O5/c1-3-37-28-12-7-5-9-23(28)17-18-33-30(36)31(21-25-10-4-6-11-27(25)32)22(2)39-29(34-31)24-13-15-26(16-14-24)38-20-8-19-35/h4-7,9-16,22,35H,3,8,17-21H2,1-2H3,(H,33,36)/t22-,31-/m1/s1. The number of carbonyl (C=O) groups excluding carboxylic acids is 1. The zero-order chi connectivity index (χ0) is 27.7. The van der Waals surface area contributed by atoms with Gasteiger partial charge in [-0.25, -0.2) is 4.99 Å². The van der Waals surface area contributed by atoms with Crippen molar-refractivity contribution >= 4 is 27.7 Å². The van der Waals surface area contributed by atoms with Crippen molar-refractivity contribution in [3.63, 3.8) is 0 Å². The summed E-state index contributed by atoms with van der Waals surface area (Å²) in [5.41, 5.74) is 1.64. The number of benzene rings is 3. The molecule has 0 unspecified atom stereocenters. The van der Waals surface area contributed by atoms with Crippen molar-refractivity contribution in [1.29, 1.82) is 0 Å². The molecule has 0 fully saturated rings. The minimum absolute atomic E-state index is 0.0846. The number of rotatable bonds is 13. The van der Waals surface area contributed by atoms with E-state index in [0.29, 0.717) is 50.7 Å². The Hall–Kier alpha value is -3.36. The van der Waals surface area contributed by atoms with Gasteiger partial charge in [0.15, 0.2) is 5.54 Å². The fourth-order valence-electron chi connectivity index (χ4n) is 4.55. The van der Waals surface area contributed by atoms with E-state index in [9.17, 15) is 4.79 Å². The Morgan fingerprint density at radius 3 is 2.49 bits per heavy atom. The number of halogens is 1. The molecule has 1 heterocycles. The molecule has 8 heteroatoms. The van der Waals surface area contributed by atoms with Crippen LogP contribution in [0.4, 0.5) is 0 Å². The van der Waals surface area contributed by atoms with Crippen molar-refractivity contribution < 1.29 is 24.1 Å². The Bertz CT molecular complexity index is 1280. The Labute approximate surface area is 238 Å². The third-order valence-corrected chi connectivity index (χ3v) is 7.47. The van der Waals surface area contributed by atoms with Crippen LogP contribution < -0.4 is 14.8 Å². The predicted molar refractivity (Wildman–Crippen MR) is 156 cm³/mol. The van der Waals surface area contributed by atoms with Crippen LogP contribution in [0, 0.1) is 0 Å². The maximum atomic E-state index is 13.9. The first-order chi connectivity index (χ1) is 19.0. The molecule has 1 amide bonds. The lowest BCUT2D eigenvalue weighted by Crippen LogP contribution is -2.53. The Balaban J connectivity index is 1.56. The van der Waals surface area contributed by atoms with Gasteiger partial charge in [0, 0.05) is 36.0 Å². The SMILES string of the molecule is CCOc1ccccc1CCNC(=O)[C@]1(Cc2ccccc2Br)N=C(c2ccc(OCCCO)cc2)O[C@@H]1C. The van der Waals surface area contributed by atoms with E-state index in [1.165, 1.54) is 0 Å². The van der Waals surface area contributed by atoms with Gasteiger partial charge in [0.2, 0.25) is 5.90 Å². The number of nitrogens with one attached hydrogen (secondary N) is 1. The van der Waals surface area contributed by atoms with Crippen LogP contribution in [0.25, 0.3) is 0 Å². The topological polar surface area (TPSA) is 89.4 Å². The van der Waals surface area contributed by atoms with E-state index in [1.54, 1.807) is 0 Å². The van der Waals surface area contributed by atoms with Gasteiger partial charge in [-0.05, 0) is 67.8 Å². The summed E-state index contributed by atoms with van der Waals surface area (Å²) in [7, 11) is 0. The van der Waals surface area contributed by atoms with Gasteiger partial charge in [-0.2, -0.15) is 0 Å². The zero-order valence-corrected chi connectivity index (χ0v) is 23.9. The molecule has 7 nitrogen and oxygen atoms in total. The molecule has 39 heavy (non-hydrogen) atoms. The van der Waals surface area contributed by atoms with Crippen LogP contribution >= 0.6 is 15.9 Å². The van der Waals surface area contributed by atoms with E-state index in [4.69, 9.17) is 24.3 Å². The van der Waals surface area contributed by atoms with Crippen LogP contribution in [-0.2, 0) is 22.4 Å². The number of hydrogen-bond acceptors (Lipinski definition) is 6. The second-order valence-electron chi connectivity index (χ2n) is 9.37. The third-order valence-electron chi connectivity index (χ3n) is 6.70. The van der Waals surface area contributed by atoms with Crippen molar-refractivity contribution in [2.75, 3.05) is 26.4 Å². The lowest BCUT2D eigenvalue weighted by Gasteiger charge is -2.28. The molecule has 0 aliphatic carbocycles. The van der Waals surface area contributed by atoms with Crippen molar-refractivity contribution in [3.8, 4) is 11.5 Å². The smallest absolute Gasteiger partial charge is 0.252 e. The van der Waals surface area contributed by atoms with Crippen molar-refractivity contribution in [3.05, 3.63) is 94.0 Å². The number of aliphatic hydroxyl groups is 1. The predicted octanol–water partition coefficient (Wildman–Crippen LogP) is 5.11. The summed E-state index contributed by atoms with van der Waals surface area (Å²) >= 11 is 3.63. The minimum atomic E-state index is -1.14. The highest BCUT2D eigenvalue weighted by atomic mass is 79.9. The molecule has 0 saturated heterocycles. The Kier molecular flexibility index (Phi) is 10.0. The van der Waals surface area contributed by atoms with E-state index in [0.717, 1.165) is 26.9 Å². The van der Waals surface area contributed by atoms with Gasteiger partial charge in [-0.1, -0.05) is 52.3 Å². The Morgan fingerprint density at radius 1 is 1.05 bits per heavy atom. The van der Waals surface area contributed by atoms with Gasteiger partial charge in [0.1, 0.15) is 17.6 Å². The number of para-hydroxylation sites is 1. The van der Waals surface area contributed by atoms with Crippen LogP contribution in [0.1, 0.15) is 37.0 Å². The molecule has 3 aromatic carbocycles. The number of amides is 1. The Morgan fingerprint density at radius 2 is 1.77 bits per heavy atom. The summed E-state index contributed by atoms with van der Waals surface area (Å²) in [5.74, 6) is 1.77.